The number of hydrogen-bond acceptors (Lipinski definition) is 1. The van der Waals surface area contributed by atoms with E-state index in [-0.39, 0.29) is 10.7 Å². The summed E-state index contributed by atoms with van der Waals surface area (Å²) >= 11 is 3.22. The lowest BCUT2D eigenvalue weighted by molar-refractivity contribution is -0.115. The zero-order valence-electron chi connectivity index (χ0n) is 8.38. The van der Waals surface area contributed by atoms with Crippen molar-refractivity contribution >= 4 is 27.5 Å². The van der Waals surface area contributed by atoms with E-state index in [1.54, 1.807) is 6.92 Å². The zero-order chi connectivity index (χ0) is 10.6. The van der Waals surface area contributed by atoms with Gasteiger partial charge >= 0.3 is 0 Å². The number of anilines is 1. The molecule has 1 atom stereocenters. The van der Waals surface area contributed by atoms with E-state index in [4.69, 9.17) is 0 Å². The lowest BCUT2D eigenvalue weighted by Crippen LogP contribution is -2.19. The normalized spacial score (nSPS) is 12.2. The quantitative estimate of drug-likeness (QED) is 0.827. The van der Waals surface area contributed by atoms with E-state index < -0.39 is 0 Å². The largest absolute Gasteiger partial charge is 0.325 e. The second-order valence-electron chi connectivity index (χ2n) is 3.16. The highest BCUT2D eigenvalue weighted by molar-refractivity contribution is 9.10. The lowest BCUT2D eigenvalue weighted by Gasteiger charge is -2.07. The van der Waals surface area contributed by atoms with Gasteiger partial charge in [0.15, 0.2) is 0 Å². The van der Waals surface area contributed by atoms with Crippen LogP contribution in [0.3, 0.4) is 0 Å². The highest BCUT2D eigenvalue weighted by Gasteiger charge is 2.08. The summed E-state index contributed by atoms with van der Waals surface area (Å²) in [6.07, 6.45) is 0.980. The summed E-state index contributed by atoms with van der Waals surface area (Å²) in [4.78, 5) is 11.2. The van der Waals surface area contributed by atoms with Crippen LogP contribution in [0.2, 0.25) is 0 Å². The molecule has 14 heavy (non-hydrogen) atoms. The van der Waals surface area contributed by atoms with Crippen molar-refractivity contribution < 1.29 is 4.79 Å². The molecule has 1 aromatic carbocycles. The second kappa shape index (κ2) is 5.15. The van der Waals surface area contributed by atoms with Crippen molar-refractivity contribution in [2.45, 2.75) is 25.1 Å². The molecular formula is C11H14BrNO. The molecule has 0 fully saturated rings. The van der Waals surface area contributed by atoms with Crippen LogP contribution in [-0.4, -0.2) is 10.7 Å². The molecule has 0 aliphatic heterocycles. The summed E-state index contributed by atoms with van der Waals surface area (Å²) in [5, 5.41) is 2.83. The molecule has 1 rings (SSSR count). The average Bonchev–Trinajstić information content (AvgIpc) is 2.18. The van der Waals surface area contributed by atoms with Crippen LogP contribution in [0.4, 0.5) is 5.69 Å². The van der Waals surface area contributed by atoms with Crippen LogP contribution >= 0.6 is 15.9 Å². The number of aryl methyl sites for hydroxylation is 1. The molecule has 0 heterocycles. The van der Waals surface area contributed by atoms with Crippen LogP contribution in [0.25, 0.3) is 0 Å². The van der Waals surface area contributed by atoms with Crippen LogP contribution in [0.1, 0.15) is 19.4 Å². The molecule has 2 nitrogen and oxygen atoms in total. The van der Waals surface area contributed by atoms with Gasteiger partial charge in [0.05, 0.1) is 4.83 Å². The third-order valence-corrected chi connectivity index (χ3v) is 2.38. The first-order valence-electron chi connectivity index (χ1n) is 4.67. The van der Waals surface area contributed by atoms with Crippen molar-refractivity contribution in [2.24, 2.45) is 0 Å². The first kappa shape index (κ1) is 11.2. The molecule has 0 radical (unpaired) electrons. The van der Waals surface area contributed by atoms with Gasteiger partial charge in [-0.2, -0.15) is 0 Å². The Bertz CT molecular complexity index is 323. The molecule has 1 aromatic rings. The van der Waals surface area contributed by atoms with Crippen LogP contribution in [-0.2, 0) is 11.2 Å². The number of carbonyl (C=O) groups excluding carboxylic acids is 1. The number of rotatable bonds is 3. The van der Waals surface area contributed by atoms with Gasteiger partial charge < -0.3 is 5.32 Å². The molecule has 1 amide bonds. The van der Waals surface area contributed by atoms with Crippen LogP contribution < -0.4 is 5.32 Å². The summed E-state index contributed by atoms with van der Waals surface area (Å²) in [5.74, 6) is -0.0155. The van der Waals surface area contributed by atoms with E-state index in [2.05, 4.69) is 28.2 Å². The number of alkyl halides is 1. The smallest absolute Gasteiger partial charge is 0.237 e. The van der Waals surface area contributed by atoms with E-state index in [0.717, 1.165) is 12.1 Å². The molecule has 0 aliphatic rings. The molecule has 0 spiro atoms. The summed E-state index contributed by atoms with van der Waals surface area (Å²) < 4.78 is 0. The molecular weight excluding hydrogens is 242 g/mol. The fraction of sp³-hybridized carbons (Fsp3) is 0.364. The predicted molar refractivity (Wildman–Crippen MR) is 62.8 cm³/mol. The molecule has 0 saturated heterocycles. The Morgan fingerprint density at radius 3 is 2.86 bits per heavy atom. The average molecular weight is 256 g/mol. The number of amides is 1. The van der Waals surface area contributed by atoms with Crippen molar-refractivity contribution in [3.05, 3.63) is 29.8 Å². The second-order valence-corrected chi connectivity index (χ2v) is 4.53. The summed E-state index contributed by atoms with van der Waals surface area (Å²) in [6.45, 7) is 3.90. The molecule has 0 aromatic heterocycles. The van der Waals surface area contributed by atoms with Crippen molar-refractivity contribution in [1.82, 2.24) is 0 Å². The van der Waals surface area contributed by atoms with Gasteiger partial charge in [-0.25, -0.2) is 0 Å². The van der Waals surface area contributed by atoms with Crippen LogP contribution in [0, 0.1) is 0 Å². The maximum atomic E-state index is 11.4. The minimum Gasteiger partial charge on any atom is -0.325 e. The van der Waals surface area contributed by atoms with Gasteiger partial charge in [-0.15, -0.1) is 0 Å². The standard InChI is InChI=1S/C11H14BrNO/c1-3-9-5-4-6-10(7-9)13-11(14)8(2)12/h4-8H,3H2,1-2H3,(H,13,14)/t8-/m1/s1. The van der Waals surface area contributed by atoms with Gasteiger partial charge in [0.25, 0.3) is 0 Å². The fourth-order valence-corrected chi connectivity index (χ4v) is 1.23. The van der Waals surface area contributed by atoms with E-state index in [9.17, 15) is 4.79 Å². The Balaban J connectivity index is 2.72. The Morgan fingerprint density at radius 1 is 1.57 bits per heavy atom. The summed E-state index contributed by atoms with van der Waals surface area (Å²) in [7, 11) is 0. The molecule has 76 valence electrons. The van der Waals surface area contributed by atoms with Crippen LogP contribution in [0.5, 0.6) is 0 Å². The highest BCUT2D eigenvalue weighted by Crippen LogP contribution is 2.12. The van der Waals surface area contributed by atoms with Crippen molar-refractivity contribution in [3.63, 3.8) is 0 Å². The lowest BCUT2D eigenvalue weighted by atomic mass is 10.1. The van der Waals surface area contributed by atoms with Gasteiger partial charge in [0.1, 0.15) is 0 Å². The Labute approximate surface area is 92.8 Å². The SMILES string of the molecule is CCc1cccc(NC(=O)[C@@H](C)Br)c1. The number of nitrogens with one attached hydrogen (secondary N) is 1. The molecule has 1 N–H and O–H groups in total. The molecule has 0 unspecified atom stereocenters. The van der Waals surface area contributed by atoms with E-state index in [1.807, 2.05) is 24.3 Å². The summed E-state index contributed by atoms with van der Waals surface area (Å²) in [6, 6.07) is 7.89. The zero-order valence-corrected chi connectivity index (χ0v) is 9.97. The third kappa shape index (κ3) is 3.14. The third-order valence-electron chi connectivity index (χ3n) is 1.96. The first-order chi connectivity index (χ1) is 6.63. The van der Waals surface area contributed by atoms with Crippen LogP contribution in [0.15, 0.2) is 24.3 Å². The van der Waals surface area contributed by atoms with Crippen molar-refractivity contribution in [1.29, 1.82) is 0 Å². The van der Waals surface area contributed by atoms with E-state index in [1.165, 1.54) is 5.56 Å². The van der Waals surface area contributed by atoms with Crippen molar-refractivity contribution in [3.8, 4) is 0 Å². The van der Waals surface area contributed by atoms with Gasteiger partial charge in [-0.3, -0.25) is 4.79 Å². The van der Waals surface area contributed by atoms with E-state index >= 15 is 0 Å². The minimum atomic E-state index is -0.159. The Morgan fingerprint density at radius 2 is 2.29 bits per heavy atom. The van der Waals surface area contributed by atoms with Gasteiger partial charge in [0, 0.05) is 5.69 Å². The topological polar surface area (TPSA) is 29.1 Å². The Kier molecular flexibility index (Phi) is 4.14. The van der Waals surface area contributed by atoms with Gasteiger partial charge in [-0.05, 0) is 31.0 Å². The maximum absolute atomic E-state index is 11.4. The monoisotopic (exact) mass is 255 g/mol. The minimum absolute atomic E-state index is 0.0155. The molecule has 0 saturated carbocycles. The predicted octanol–water partition coefficient (Wildman–Crippen LogP) is 2.97. The van der Waals surface area contributed by atoms with E-state index in [0.29, 0.717) is 0 Å². The maximum Gasteiger partial charge on any atom is 0.237 e. The molecule has 3 heteroatoms. The summed E-state index contributed by atoms with van der Waals surface area (Å²) in [5.41, 5.74) is 2.09. The number of halogens is 1. The highest BCUT2D eigenvalue weighted by atomic mass is 79.9. The molecule has 0 bridgehead atoms. The Hall–Kier alpha value is -0.830. The van der Waals surface area contributed by atoms with Gasteiger partial charge in [0.2, 0.25) is 5.91 Å². The number of carbonyl (C=O) groups is 1. The number of benzene rings is 1. The fourth-order valence-electron chi connectivity index (χ4n) is 1.11. The van der Waals surface area contributed by atoms with Gasteiger partial charge in [-0.1, -0.05) is 35.0 Å². The number of hydrogen-bond donors (Lipinski definition) is 1. The molecule has 0 aliphatic carbocycles. The van der Waals surface area contributed by atoms with Crippen molar-refractivity contribution in [2.75, 3.05) is 5.32 Å². The first-order valence-corrected chi connectivity index (χ1v) is 5.59.